The Kier molecular flexibility index (Phi) is 3.02. The maximum Gasteiger partial charge on any atom is 0.341 e. The highest BCUT2D eigenvalue weighted by Gasteiger charge is 2.83. The van der Waals surface area contributed by atoms with E-state index in [9.17, 15) is 19.8 Å². The zero-order chi connectivity index (χ0) is 19.5. The van der Waals surface area contributed by atoms with E-state index >= 15 is 0 Å². The minimum atomic E-state index is -1.83. The number of hydrogen-bond acceptors (Lipinski definition) is 8. The summed E-state index contributed by atoms with van der Waals surface area (Å²) >= 11 is 0. The molecular formula is C20H22O8. The van der Waals surface area contributed by atoms with Gasteiger partial charge in [-0.15, -0.1) is 0 Å². The van der Waals surface area contributed by atoms with Gasteiger partial charge >= 0.3 is 11.9 Å². The molecule has 1 aromatic heterocycles. The van der Waals surface area contributed by atoms with Gasteiger partial charge in [-0.2, -0.15) is 0 Å². The minimum Gasteiger partial charge on any atom is -0.472 e. The molecule has 3 aliphatic heterocycles. The minimum absolute atomic E-state index is 0.0191. The van der Waals surface area contributed by atoms with Crippen molar-refractivity contribution < 1.29 is 38.4 Å². The lowest BCUT2D eigenvalue weighted by Crippen LogP contribution is -2.69. The molecule has 8 nitrogen and oxygen atoms in total. The lowest BCUT2D eigenvalue weighted by Gasteiger charge is -2.58. The molecule has 4 heterocycles. The number of carbonyl (C=O) groups excluding carboxylic acids is 2. The number of aliphatic hydroxyl groups excluding tert-OH is 1. The largest absolute Gasteiger partial charge is 0.472 e. The van der Waals surface area contributed by atoms with Crippen LogP contribution in [0.25, 0.3) is 0 Å². The van der Waals surface area contributed by atoms with Gasteiger partial charge in [0.25, 0.3) is 0 Å². The van der Waals surface area contributed by atoms with Gasteiger partial charge in [-0.1, -0.05) is 6.92 Å². The summed E-state index contributed by atoms with van der Waals surface area (Å²) in [5.74, 6) is -1.87. The van der Waals surface area contributed by atoms with Gasteiger partial charge in [0.1, 0.15) is 18.8 Å². The van der Waals surface area contributed by atoms with Crippen molar-refractivity contribution in [2.24, 2.45) is 22.7 Å². The molecule has 0 radical (unpaired) electrons. The smallest absolute Gasteiger partial charge is 0.341 e. The number of rotatable bonds is 1. The molecule has 28 heavy (non-hydrogen) atoms. The van der Waals surface area contributed by atoms with Crippen LogP contribution in [0.15, 0.2) is 23.0 Å². The lowest BCUT2D eigenvalue weighted by molar-refractivity contribution is -0.211. The third-order valence-electron chi connectivity index (χ3n) is 8.31. The van der Waals surface area contributed by atoms with Crippen LogP contribution in [0, 0.1) is 22.7 Å². The highest BCUT2D eigenvalue weighted by Crippen LogP contribution is 2.71. The van der Waals surface area contributed by atoms with Crippen LogP contribution in [0.5, 0.6) is 0 Å². The number of aliphatic hydroxyl groups is 2. The Morgan fingerprint density at radius 3 is 2.79 bits per heavy atom. The highest BCUT2D eigenvalue weighted by molar-refractivity contribution is 5.87. The molecule has 3 saturated heterocycles. The van der Waals surface area contributed by atoms with Gasteiger partial charge in [0.15, 0.2) is 5.60 Å². The maximum absolute atomic E-state index is 13.3. The monoisotopic (exact) mass is 390 g/mol. The Bertz CT molecular complexity index is 866. The Balaban J connectivity index is 1.51. The highest BCUT2D eigenvalue weighted by atomic mass is 16.6. The summed E-state index contributed by atoms with van der Waals surface area (Å²) in [6, 6.07) is 1.76. The van der Waals surface area contributed by atoms with E-state index in [0.29, 0.717) is 12.8 Å². The van der Waals surface area contributed by atoms with Crippen LogP contribution in [-0.2, 0) is 23.8 Å². The van der Waals surface area contributed by atoms with Crippen molar-refractivity contribution in [3.8, 4) is 0 Å². The summed E-state index contributed by atoms with van der Waals surface area (Å²) in [7, 11) is 0. The maximum atomic E-state index is 13.3. The number of ether oxygens (including phenoxy) is 3. The first-order chi connectivity index (χ1) is 13.3. The van der Waals surface area contributed by atoms with Crippen molar-refractivity contribution in [2.45, 2.75) is 56.2 Å². The molecular weight excluding hydrogens is 368 g/mol. The second kappa shape index (κ2) is 4.98. The first-order valence-electron chi connectivity index (χ1n) is 9.81. The predicted molar refractivity (Wildman–Crippen MR) is 89.5 cm³/mol. The quantitative estimate of drug-likeness (QED) is 0.532. The van der Waals surface area contributed by atoms with Crippen LogP contribution < -0.4 is 0 Å². The first-order valence-corrected chi connectivity index (χ1v) is 9.81. The van der Waals surface area contributed by atoms with Crippen molar-refractivity contribution in [1.82, 2.24) is 0 Å². The zero-order valence-corrected chi connectivity index (χ0v) is 15.4. The molecule has 5 fully saturated rings. The van der Waals surface area contributed by atoms with Crippen LogP contribution >= 0.6 is 0 Å². The average Bonchev–Trinajstić information content (AvgIpc) is 3.00. The molecule has 8 heteroatoms. The molecule has 5 aliphatic rings. The molecule has 0 aromatic carbocycles. The van der Waals surface area contributed by atoms with Crippen molar-refractivity contribution in [3.05, 3.63) is 24.2 Å². The molecule has 0 unspecified atom stereocenters. The molecule has 0 amide bonds. The normalized spacial score (nSPS) is 54.0. The van der Waals surface area contributed by atoms with Gasteiger partial charge in [0.05, 0.1) is 35.6 Å². The molecule has 0 bridgehead atoms. The molecule has 6 rings (SSSR count). The summed E-state index contributed by atoms with van der Waals surface area (Å²) in [6.45, 7) is 1.84. The van der Waals surface area contributed by atoms with Gasteiger partial charge < -0.3 is 28.8 Å². The topological polar surface area (TPSA) is 119 Å². The summed E-state index contributed by atoms with van der Waals surface area (Å²) in [6.07, 6.45) is 1.90. The van der Waals surface area contributed by atoms with E-state index in [1.165, 1.54) is 6.26 Å². The van der Waals surface area contributed by atoms with Gasteiger partial charge in [-0.05, 0) is 30.7 Å². The number of esters is 2. The standard InChI is InChI=1S/C20H22O8/c1-9-11(21)5-18-8-26-17(23)20(18,24)15-12(27-15)4-14(18)19(9)6-13(28-16(19)22)10-2-3-25-7-10/h2-3,7,9,11-15,21,24H,4-6,8H2,1H3/t9-,11-,12+,13-,14-,15+,18+,19-,20-/m1/s1. The van der Waals surface area contributed by atoms with Gasteiger partial charge in [0, 0.05) is 12.0 Å². The number of carbonyl (C=O) groups is 2. The number of fused-ring (bicyclic) bond motifs is 3. The Morgan fingerprint density at radius 2 is 2.04 bits per heavy atom. The molecule has 150 valence electrons. The molecule has 9 atom stereocenters. The average molecular weight is 390 g/mol. The van der Waals surface area contributed by atoms with Gasteiger partial charge in [-0.3, -0.25) is 4.79 Å². The van der Waals surface area contributed by atoms with Crippen LogP contribution in [0.2, 0.25) is 0 Å². The molecule has 1 aromatic rings. The van der Waals surface area contributed by atoms with E-state index in [4.69, 9.17) is 18.6 Å². The van der Waals surface area contributed by atoms with Crippen molar-refractivity contribution in [2.75, 3.05) is 6.61 Å². The molecule has 2 aliphatic carbocycles. The fraction of sp³-hybridized carbons (Fsp3) is 0.700. The third-order valence-corrected chi connectivity index (χ3v) is 8.31. The third kappa shape index (κ3) is 1.66. The summed E-state index contributed by atoms with van der Waals surface area (Å²) in [5, 5.41) is 22.5. The van der Waals surface area contributed by atoms with E-state index in [2.05, 4.69) is 0 Å². The number of epoxide rings is 1. The van der Waals surface area contributed by atoms with E-state index in [1.54, 1.807) is 12.3 Å². The van der Waals surface area contributed by atoms with E-state index in [-0.39, 0.29) is 31.0 Å². The Hall–Kier alpha value is -1.90. The number of furan rings is 1. The van der Waals surface area contributed by atoms with E-state index in [1.807, 2.05) is 6.92 Å². The fourth-order valence-corrected chi connectivity index (χ4v) is 6.77. The first kappa shape index (κ1) is 17.0. The SMILES string of the molecule is C[C@@H]1[C@H](O)C[C@@]23COC(=O)[C@]2(O)[C@H]2O[C@H]2C[C@H]3[C@@]12C[C@H](c1ccoc1)OC2=O. The lowest BCUT2D eigenvalue weighted by atomic mass is 9.42. The van der Waals surface area contributed by atoms with Crippen molar-refractivity contribution >= 4 is 11.9 Å². The predicted octanol–water partition coefficient (Wildman–Crippen LogP) is 0.716. The van der Waals surface area contributed by atoms with Crippen LogP contribution in [-0.4, -0.2) is 52.7 Å². The summed E-state index contributed by atoms with van der Waals surface area (Å²) in [4.78, 5) is 25.9. The van der Waals surface area contributed by atoms with Crippen LogP contribution in [0.1, 0.15) is 37.9 Å². The van der Waals surface area contributed by atoms with E-state index < -0.39 is 46.7 Å². The van der Waals surface area contributed by atoms with Crippen molar-refractivity contribution in [1.29, 1.82) is 0 Å². The number of cyclic esters (lactones) is 2. The molecule has 2 N–H and O–H groups in total. The summed E-state index contributed by atoms with van der Waals surface area (Å²) in [5.41, 5.74) is -3.16. The van der Waals surface area contributed by atoms with E-state index in [0.717, 1.165) is 5.56 Å². The molecule has 2 saturated carbocycles. The summed E-state index contributed by atoms with van der Waals surface area (Å²) < 4.78 is 21.9. The Labute approximate surface area is 160 Å². The van der Waals surface area contributed by atoms with Crippen LogP contribution in [0.4, 0.5) is 0 Å². The van der Waals surface area contributed by atoms with Crippen molar-refractivity contribution in [3.63, 3.8) is 0 Å². The second-order valence-electron chi connectivity index (χ2n) is 9.14. The van der Waals surface area contributed by atoms with Crippen LogP contribution in [0.3, 0.4) is 0 Å². The fourth-order valence-electron chi connectivity index (χ4n) is 6.77. The van der Waals surface area contributed by atoms with Gasteiger partial charge in [-0.25, -0.2) is 4.79 Å². The second-order valence-corrected chi connectivity index (χ2v) is 9.14. The Morgan fingerprint density at radius 1 is 1.21 bits per heavy atom. The molecule has 2 spiro atoms. The van der Waals surface area contributed by atoms with Gasteiger partial charge in [0.2, 0.25) is 0 Å². The zero-order valence-electron chi connectivity index (χ0n) is 15.4. The number of hydrogen-bond donors (Lipinski definition) is 2.